The van der Waals surface area contributed by atoms with Crippen LogP contribution in [0, 0.1) is 0 Å². The van der Waals surface area contributed by atoms with Gasteiger partial charge in [0, 0.05) is 31.7 Å². The molecule has 2 aliphatic rings. The van der Waals surface area contributed by atoms with E-state index in [1.165, 1.54) is 0 Å². The summed E-state index contributed by atoms with van der Waals surface area (Å²) in [6.07, 6.45) is 1.50. The van der Waals surface area contributed by atoms with Gasteiger partial charge in [-0.3, -0.25) is 0 Å². The average Bonchev–Trinajstić information content (AvgIpc) is 2.92. The smallest absolute Gasteiger partial charge is 0.219 e. The largest absolute Gasteiger partial charge is 0.380 e. The Bertz CT molecular complexity index is 576. The van der Waals surface area contributed by atoms with Gasteiger partial charge in [-0.15, -0.1) is 12.4 Å². The predicted octanol–water partition coefficient (Wildman–Crippen LogP) is 1.34. The Morgan fingerprint density at radius 2 is 1.91 bits per heavy atom. The fraction of sp³-hybridized carbons (Fsp3) is 0.600. The number of hydrogen-bond acceptors (Lipinski definition) is 4. The van der Waals surface area contributed by atoms with Crippen LogP contribution in [-0.2, 0) is 14.8 Å². The first-order valence-corrected chi connectivity index (χ1v) is 8.96. The molecule has 2 aliphatic heterocycles. The summed E-state index contributed by atoms with van der Waals surface area (Å²) in [5.74, 6) is 0.0745. The molecule has 0 radical (unpaired) electrons. The number of ether oxygens (including phenoxy) is 1. The maximum absolute atomic E-state index is 12.7. The van der Waals surface area contributed by atoms with E-state index >= 15 is 0 Å². The first-order chi connectivity index (χ1) is 10.1. The van der Waals surface area contributed by atoms with Crippen molar-refractivity contribution in [2.45, 2.75) is 30.1 Å². The van der Waals surface area contributed by atoms with E-state index in [2.05, 4.69) is 0 Å². The highest BCUT2D eigenvalue weighted by Crippen LogP contribution is 2.30. The Hall–Kier alpha value is -0.660. The number of benzene rings is 1. The van der Waals surface area contributed by atoms with Crippen LogP contribution in [0.25, 0.3) is 0 Å². The number of rotatable bonds is 3. The van der Waals surface area contributed by atoms with Gasteiger partial charge in [0.1, 0.15) is 0 Å². The summed E-state index contributed by atoms with van der Waals surface area (Å²) >= 11 is 0. The lowest BCUT2D eigenvalue weighted by Gasteiger charge is -2.27. The second-order valence-corrected chi connectivity index (χ2v) is 8.10. The van der Waals surface area contributed by atoms with E-state index in [4.69, 9.17) is 10.5 Å². The Morgan fingerprint density at radius 1 is 1.18 bits per heavy atom. The third-order valence-corrected chi connectivity index (χ3v) is 6.69. The first kappa shape index (κ1) is 17.7. The maximum Gasteiger partial charge on any atom is 0.219 e. The van der Waals surface area contributed by atoms with Crippen LogP contribution in [0.4, 0.5) is 0 Å². The van der Waals surface area contributed by atoms with Crippen LogP contribution in [0.3, 0.4) is 0 Å². The zero-order chi connectivity index (χ0) is 14.9. The van der Waals surface area contributed by atoms with E-state index in [1.807, 2.05) is 30.3 Å². The monoisotopic (exact) mass is 346 g/mol. The van der Waals surface area contributed by atoms with Gasteiger partial charge in [0.05, 0.1) is 11.9 Å². The highest BCUT2D eigenvalue weighted by molar-refractivity contribution is 7.89. The van der Waals surface area contributed by atoms with Crippen molar-refractivity contribution >= 4 is 22.4 Å². The lowest BCUT2D eigenvalue weighted by molar-refractivity contribution is 0.0977. The molecule has 2 heterocycles. The summed E-state index contributed by atoms with van der Waals surface area (Å²) in [7, 11) is -3.31. The lowest BCUT2D eigenvalue weighted by atomic mass is 9.95. The molecule has 0 bridgehead atoms. The van der Waals surface area contributed by atoms with Crippen LogP contribution in [0.5, 0.6) is 0 Å². The highest BCUT2D eigenvalue weighted by atomic mass is 35.5. The first-order valence-electron chi connectivity index (χ1n) is 7.46. The fourth-order valence-corrected chi connectivity index (χ4v) is 5.11. The normalized spacial score (nSPS) is 30.0. The van der Waals surface area contributed by atoms with Gasteiger partial charge in [0.2, 0.25) is 10.0 Å². The van der Waals surface area contributed by atoms with Crippen LogP contribution in [0.2, 0.25) is 0 Å². The van der Waals surface area contributed by atoms with Crippen LogP contribution >= 0.6 is 12.4 Å². The number of halogens is 1. The molecule has 2 saturated heterocycles. The van der Waals surface area contributed by atoms with Gasteiger partial charge in [0.25, 0.3) is 0 Å². The third-order valence-electron chi connectivity index (χ3n) is 4.46. The van der Waals surface area contributed by atoms with E-state index in [0.29, 0.717) is 32.7 Å². The zero-order valence-electron chi connectivity index (χ0n) is 12.4. The predicted molar refractivity (Wildman–Crippen MR) is 88.7 cm³/mol. The molecule has 0 amide bonds. The fourth-order valence-electron chi connectivity index (χ4n) is 3.21. The van der Waals surface area contributed by atoms with Gasteiger partial charge in [-0.25, -0.2) is 8.42 Å². The minimum atomic E-state index is -3.31. The van der Waals surface area contributed by atoms with Crippen LogP contribution in [0.1, 0.15) is 24.3 Å². The molecule has 22 heavy (non-hydrogen) atoms. The van der Waals surface area contributed by atoms with Crippen molar-refractivity contribution in [2.75, 3.05) is 26.3 Å². The lowest BCUT2D eigenvalue weighted by Crippen LogP contribution is -2.42. The quantitative estimate of drug-likeness (QED) is 0.896. The zero-order valence-corrected chi connectivity index (χ0v) is 14.1. The highest BCUT2D eigenvalue weighted by Gasteiger charge is 2.41. The molecule has 1 aromatic rings. The van der Waals surface area contributed by atoms with E-state index in [0.717, 1.165) is 12.0 Å². The summed E-state index contributed by atoms with van der Waals surface area (Å²) in [6, 6.07) is 9.78. The Labute approximate surface area is 138 Å². The van der Waals surface area contributed by atoms with Crippen molar-refractivity contribution < 1.29 is 13.2 Å². The number of sulfonamides is 1. The molecule has 0 spiro atoms. The van der Waals surface area contributed by atoms with E-state index < -0.39 is 15.3 Å². The molecule has 7 heteroatoms. The summed E-state index contributed by atoms with van der Waals surface area (Å²) in [4.78, 5) is 0. The maximum atomic E-state index is 12.7. The van der Waals surface area contributed by atoms with E-state index in [9.17, 15) is 8.42 Å². The molecular formula is C15H23ClN2O3S. The standard InChI is InChI=1S/C15H22N2O3S.ClH/c16-15-10-17(9-14(15)12-5-2-1-3-6-12)21(18,19)13-7-4-8-20-11-13;/h1-3,5-6,13-15H,4,7-11,16H2;1H/t13?,14-,15+;/m0./s1. The number of nitrogens with two attached hydrogens (primary N) is 1. The Balaban J connectivity index is 0.00000176. The van der Waals surface area contributed by atoms with Gasteiger partial charge in [-0.2, -0.15) is 4.31 Å². The molecule has 124 valence electrons. The Morgan fingerprint density at radius 3 is 2.55 bits per heavy atom. The van der Waals surface area contributed by atoms with E-state index in [-0.39, 0.29) is 24.4 Å². The van der Waals surface area contributed by atoms with Crippen LogP contribution in [0.15, 0.2) is 30.3 Å². The van der Waals surface area contributed by atoms with Crippen molar-refractivity contribution in [3.63, 3.8) is 0 Å². The van der Waals surface area contributed by atoms with Gasteiger partial charge in [-0.05, 0) is 18.4 Å². The van der Waals surface area contributed by atoms with Crippen molar-refractivity contribution in [2.24, 2.45) is 5.73 Å². The molecule has 2 N–H and O–H groups in total. The minimum absolute atomic E-state index is 0. The minimum Gasteiger partial charge on any atom is -0.380 e. The third kappa shape index (κ3) is 3.46. The molecular weight excluding hydrogens is 324 g/mol. The molecule has 0 aliphatic carbocycles. The van der Waals surface area contributed by atoms with Gasteiger partial charge < -0.3 is 10.5 Å². The molecule has 3 rings (SSSR count). The molecule has 3 atom stereocenters. The van der Waals surface area contributed by atoms with Crippen LogP contribution in [-0.4, -0.2) is 50.3 Å². The van der Waals surface area contributed by atoms with Gasteiger partial charge in [-0.1, -0.05) is 30.3 Å². The van der Waals surface area contributed by atoms with Crippen molar-refractivity contribution in [1.82, 2.24) is 4.31 Å². The summed E-state index contributed by atoms with van der Waals surface area (Å²) < 4.78 is 32.3. The Kier molecular flexibility index (Phi) is 5.85. The summed E-state index contributed by atoms with van der Waals surface area (Å²) in [6.45, 7) is 1.85. The van der Waals surface area contributed by atoms with Crippen molar-refractivity contribution in [3.8, 4) is 0 Å². The second kappa shape index (κ2) is 7.27. The number of nitrogens with zero attached hydrogens (tertiary/aromatic N) is 1. The molecule has 0 saturated carbocycles. The van der Waals surface area contributed by atoms with Gasteiger partial charge >= 0.3 is 0 Å². The van der Waals surface area contributed by atoms with Crippen molar-refractivity contribution in [3.05, 3.63) is 35.9 Å². The molecule has 1 aromatic carbocycles. The number of hydrogen-bond donors (Lipinski definition) is 1. The summed E-state index contributed by atoms with van der Waals surface area (Å²) in [5.41, 5.74) is 7.30. The molecule has 0 aromatic heterocycles. The molecule has 5 nitrogen and oxygen atoms in total. The average molecular weight is 347 g/mol. The van der Waals surface area contributed by atoms with E-state index in [1.54, 1.807) is 4.31 Å². The van der Waals surface area contributed by atoms with Crippen LogP contribution < -0.4 is 5.73 Å². The SMILES string of the molecule is Cl.N[C@@H]1CN(S(=O)(=O)C2CCCOC2)C[C@H]1c1ccccc1. The molecule has 1 unspecified atom stereocenters. The summed E-state index contributed by atoms with van der Waals surface area (Å²) in [5, 5.41) is -0.409. The second-order valence-electron chi connectivity index (χ2n) is 5.88. The van der Waals surface area contributed by atoms with Gasteiger partial charge in [0.15, 0.2) is 0 Å². The van der Waals surface area contributed by atoms with Crippen molar-refractivity contribution in [1.29, 1.82) is 0 Å². The molecule has 2 fully saturated rings. The topological polar surface area (TPSA) is 72.6 Å².